The predicted octanol–water partition coefficient (Wildman–Crippen LogP) is 3.32. The van der Waals surface area contributed by atoms with Crippen LogP contribution in [0.15, 0.2) is 22.7 Å². The summed E-state index contributed by atoms with van der Waals surface area (Å²) >= 11 is 0. The van der Waals surface area contributed by atoms with E-state index in [0.717, 1.165) is 19.3 Å². The Labute approximate surface area is 175 Å². The predicted molar refractivity (Wildman–Crippen MR) is 110 cm³/mol. The summed E-state index contributed by atoms with van der Waals surface area (Å²) in [6.45, 7) is 5.56. The smallest absolute Gasteiger partial charge is 0.227 e. The van der Waals surface area contributed by atoms with Gasteiger partial charge in [0.15, 0.2) is 0 Å². The number of carbonyl (C=O) groups excluding carboxylic acids is 2. The van der Waals surface area contributed by atoms with Crippen LogP contribution in [0.25, 0.3) is 11.4 Å². The molecule has 2 atom stereocenters. The zero-order valence-corrected chi connectivity index (χ0v) is 17.7. The van der Waals surface area contributed by atoms with Crippen LogP contribution in [-0.2, 0) is 16.0 Å². The number of aryl methyl sites for hydroxylation is 2. The molecule has 3 rings (SSSR count). The summed E-state index contributed by atoms with van der Waals surface area (Å²) in [6, 6.07) is 4.75. The maximum atomic E-state index is 13.4. The highest BCUT2D eigenvalue weighted by molar-refractivity contribution is 5.79. The van der Waals surface area contributed by atoms with E-state index in [2.05, 4.69) is 20.8 Å². The quantitative estimate of drug-likeness (QED) is 0.722. The Hall–Kier alpha value is -2.77. The number of aromatic nitrogens is 2. The molecule has 1 aromatic carbocycles. The fourth-order valence-corrected chi connectivity index (χ4v) is 3.74. The Bertz CT molecular complexity index is 896. The third kappa shape index (κ3) is 5.87. The Balaban J connectivity index is 1.48. The first-order valence-electron chi connectivity index (χ1n) is 10.5. The van der Waals surface area contributed by atoms with Gasteiger partial charge in [-0.3, -0.25) is 9.59 Å². The third-order valence-electron chi connectivity index (χ3n) is 5.29. The molecule has 1 aliphatic carbocycles. The van der Waals surface area contributed by atoms with Crippen molar-refractivity contribution in [2.75, 3.05) is 0 Å². The molecule has 1 heterocycles. The molecule has 0 saturated heterocycles. The number of carbonyl (C=O) groups is 2. The van der Waals surface area contributed by atoms with E-state index in [4.69, 9.17) is 4.52 Å². The molecule has 2 aromatic rings. The maximum Gasteiger partial charge on any atom is 0.227 e. The SMILES string of the molecule is Cc1cc(-c2noc(CCC(=O)NC3CCCC(C(=O)NC(C)C)C3)n2)ccc1F. The highest BCUT2D eigenvalue weighted by Gasteiger charge is 2.28. The Kier molecular flexibility index (Phi) is 7.18. The van der Waals surface area contributed by atoms with Gasteiger partial charge in [0.05, 0.1) is 0 Å². The fourth-order valence-electron chi connectivity index (χ4n) is 3.74. The van der Waals surface area contributed by atoms with Gasteiger partial charge >= 0.3 is 0 Å². The van der Waals surface area contributed by atoms with Gasteiger partial charge in [0.1, 0.15) is 5.82 Å². The van der Waals surface area contributed by atoms with Crippen molar-refractivity contribution in [1.82, 2.24) is 20.8 Å². The second-order valence-electron chi connectivity index (χ2n) is 8.27. The van der Waals surface area contributed by atoms with Crippen LogP contribution in [0.3, 0.4) is 0 Å². The molecule has 0 spiro atoms. The van der Waals surface area contributed by atoms with Gasteiger partial charge in [-0.15, -0.1) is 0 Å². The molecule has 2 amide bonds. The van der Waals surface area contributed by atoms with Crippen LogP contribution < -0.4 is 10.6 Å². The Morgan fingerprint density at radius 2 is 2.10 bits per heavy atom. The molecule has 2 N–H and O–H groups in total. The molecule has 0 radical (unpaired) electrons. The molecule has 2 unspecified atom stereocenters. The van der Waals surface area contributed by atoms with Crippen molar-refractivity contribution in [3.05, 3.63) is 35.5 Å². The van der Waals surface area contributed by atoms with E-state index in [1.54, 1.807) is 19.1 Å². The first-order valence-corrected chi connectivity index (χ1v) is 10.5. The van der Waals surface area contributed by atoms with Crippen molar-refractivity contribution in [1.29, 1.82) is 0 Å². The standard InChI is InChI=1S/C22H29FN4O3/c1-13(2)24-22(29)16-5-4-6-17(12-16)25-19(28)9-10-20-26-21(27-30-20)15-7-8-18(23)14(3)11-15/h7-8,11,13,16-17H,4-6,9-10,12H2,1-3H3,(H,24,29)(H,25,28). The topological polar surface area (TPSA) is 97.1 Å². The van der Waals surface area contributed by atoms with E-state index in [0.29, 0.717) is 35.7 Å². The average Bonchev–Trinajstić information content (AvgIpc) is 3.17. The van der Waals surface area contributed by atoms with Gasteiger partial charge in [0.25, 0.3) is 0 Å². The minimum atomic E-state index is -0.286. The fraction of sp³-hybridized carbons (Fsp3) is 0.545. The summed E-state index contributed by atoms with van der Waals surface area (Å²) < 4.78 is 18.6. The Morgan fingerprint density at radius 3 is 2.83 bits per heavy atom. The lowest BCUT2D eigenvalue weighted by Crippen LogP contribution is -2.43. The number of hydrogen-bond donors (Lipinski definition) is 2. The number of rotatable bonds is 7. The summed E-state index contributed by atoms with van der Waals surface area (Å²) in [4.78, 5) is 28.9. The minimum Gasteiger partial charge on any atom is -0.354 e. The highest BCUT2D eigenvalue weighted by atomic mass is 19.1. The number of amides is 2. The maximum absolute atomic E-state index is 13.4. The summed E-state index contributed by atoms with van der Waals surface area (Å²) in [6.07, 6.45) is 3.88. The molecule has 0 bridgehead atoms. The molecule has 162 valence electrons. The summed E-state index contributed by atoms with van der Waals surface area (Å²) in [5, 5.41) is 9.90. The van der Waals surface area contributed by atoms with Crippen molar-refractivity contribution in [2.45, 2.75) is 71.4 Å². The highest BCUT2D eigenvalue weighted by Crippen LogP contribution is 2.25. The zero-order valence-electron chi connectivity index (χ0n) is 17.7. The molecule has 7 nitrogen and oxygen atoms in total. The first kappa shape index (κ1) is 21.9. The van der Waals surface area contributed by atoms with Gasteiger partial charge in [-0.05, 0) is 63.8 Å². The Morgan fingerprint density at radius 1 is 1.30 bits per heavy atom. The molecular formula is C22H29FN4O3. The monoisotopic (exact) mass is 416 g/mol. The molecular weight excluding hydrogens is 387 g/mol. The van der Waals surface area contributed by atoms with Crippen LogP contribution in [0.2, 0.25) is 0 Å². The molecule has 1 fully saturated rings. The van der Waals surface area contributed by atoms with Crippen LogP contribution in [0.5, 0.6) is 0 Å². The average molecular weight is 416 g/mol. The van der Waals surface area contributed by atoms with Gasteiger partial charge in [-0.25, -0.2) is 4.39 Å². The van der Waals surface area contributed by atoms with Gasteiger partial charge in [0, 0.05) is 36.4 Å². The van der Waals surface area contributed by atoms with Crippen LogP contribution in [0, 0.1) is 18.7 Å². The second-order valence-corrected chi connectivity index (χ2v) is 8.27. The lowest BCUT2D eigenvalue weighted by Gasteiger charge is -2.29. The van der Waals surface area contributed by atoms with Gasteiger partial charge in [-0.2, -0.15) is 4.98 Å². The van der Waals surface area contributed by atoms with E-state index in [1.165, 1.54) is 6.07 Å². The van der Waals surface area contributed by atoms with Crippen molar-refractivity contribution in [3.63, 3.8) is 0 Å². The van der Waals surface area contributed by atoms with Gasteiger partial charge in [-0.1, -0.05) is 11.6 Å². The van der Waals surface area contributed by atoms with E-state index in [-0.39, 0.29) is 42.1 Å². The van der Waals surface area contributed by atoms with Crippen molar-refractivity contribution in [2.24, 2.45) is 5.92 Å². The lowest BCUT2D eigenvalue weighted by molar-refractivity contribution is -0.128. The number of hydrogen-bond acceptors (Lipinski definition) is 5. The van der Waals surface area contributed by atoms with Gasteiger partial charge < -0.3 is 15.2 Å². The van der Waals surface area contributed by atoms with Crippen LogP contribution >= 0.6 is 0 Å². The summed E-state index contributed by atoms with van der Waals surface area (Å²) in [7, 11) is 0. The van der Waals surface area contributed by atoms with E-state index in [9.17, 15) is 14.0 Å². The largest absolute Gasteiger partial charge is 0.354 e. The molecule has 8 heteroatoms. The first-order chi connectivity index (χ1) is 14.3. The summed E-state index contributed by atoms with van der Waals surface area (Å²) in [5.74, 6) is 0.371. The summed E-state index contributed by atoms with van der Waals surface area (Å²) in [5.41, 5.74) is 1.17. The number of nitrogens with one attached hydrogen (secondary N) is 2. The molecule has 0 aliphatic heterocycles. The van der Waals surface area contributed by atoms with Crippen LogP contribution in [-0.4, -0.2) is 34.0 Å². The van der Waals surface area contributed by atoms with Crippen LogP contribution in [0.1, 0.15) is 57.4 Å². The molecule has 1 aliphatic rings. The van der Waals surface area contributed by atoms with E-state index >= 15 is 0 Å². The normalized spacial score (nSPS) is 19.0. The van der Waals surface area contributed by atoms with E-state index < -0.39 is 0 Å². The molecule has 1 aromatic heterocycles. The number of halogens is 1. The van der Waals surface area contributed by atoms with Gasteiger partial charge in [0.2, 0.25) is 23.5 Å². The zero-order chi connectivity index (χ0) is 21.7. The second kappa shape index (κ2) is 9.82. The molecule has 1 saturated carbocycles. The minimum absolute atomic E-state index is 0.00889. The molecule has 30 heavy (non-hydrogen) atoms. The van der Waals surface area contributed by atoms with Crippen LogP contribution in [0.4, 0.5) is 4.39 Å². The van der Waals surface area contributed by atoms with E-state index in [1.807, 2.05) is 13.8 Å². The van der Waals surface area contributed by atoms with Crippen molar-refractivity contribution in [3.8, 4) is 11.4 Å². The third-order valence-corrected chi connectivity index (χ3v) is 5.29. The number of benzene rings is 1. The van der Waals surface area contributed by atoms with Crippen molar-refractivity contribution < 1.29 is 18.5 Å². The lowest BCUT2D eigenvalue weighted by atomic mass is 9.85. The number of nitrogens with zero attached hydrogens (tertiary/aromatic N) is 2. The van der Waals surface area contributed by atoms with Crippen molar-refractivity contribution >= 4 is 11.8 Å².